The number of hydrogen-bond donors (Lipinski definition) is 0. The Balaban J connectivity index is 1.68. The molecule has 1 aliphatic heterocycles. The molecule has 0 aliphatic carbocycles. The molecule has 2 aromatic rings. The highest BCUT2D eigenvalue weighted by Crippen LogP contribution is 2.32. The molecule has 3 rings (SSSR count). The summed E-state index contributed by atoms with van der Waals surface area (Å²) < 4.78 is 5.61. The Morgan fingerprint density at radius 3 is 2.83 bits per heavy atom. The first-order valence-electron chi connectivity index (χ1n) is 8.26. The quantitative estimate of drug-likeness (QED) is 0.848. The lowest BCUT2D eigenvalue weighted by Gasteiger charge is -2.26. The first kappa shape index (κ1) is 16.3. The predicted molar refractivity (Wildman–Crippen MR) is 94.2 cm³/mol. The van der Waals surface area contributed by atoms with Gasteiger partial charge in [0.15, 0.2) is 6.61 Å². The van der Waals surface area contributed by atoms with Crippen LogP contribution in [0.4, 0.5) is 5.82 Å². The minimum absolute atomic E-state index is 0.0320. The van der Waals surface area contributed by atoms with Gasteiger partial charge >= 0.3 is 0 Å². The van der Waals surface area contributed by atoms with Crippen LogP contribution < -0.4 is 9.64 Å². The van der Waals surface area contributed by atoms with Gasteiger partial charge in [-0.2, -0.15) is 0 Å². The largest absolute Gasteiger partial charge is 0.484 e. The SMILES string of the molecule is CN(C)c1cc([C@H]2CCCN2C(=O)COc2ccccc2)ccn1. The summed E-state index contributed by atoms with van der Waals surface area (Å²) in [5.74, 6) is 1.66. The molecule has 126 valence electrons. The fourth-order valence-electron chi connectivity index (χ4n) is 3.04. The van der Waals surface area contributed by atoms with Gasteiger partial charge in [-0.05, 0) is 42.7 Å². The number of anilines is 1. The Morgan fingerprint density at radius 1 is 1.29 bits per heavy atom. The third-order valence-electron chi connectivity index (χ3n) is 4.29. The van der Waals surface area contributed by atoms with Gasteiger partial charge in [-0.25, -0.2) is 4.98 Å². The predicted octanol–water partition coefficient (Wildman–Crippen LogP) is 2.89. The maximum absolute atomic E-state index is 12.6. The second kappa shape index (κ2) is 7.34. The molecule has 1 fully saturated rings. The average molecular weight is 325 g/mol. The van der Waals surface area contributed by atoms with Crippen LogP contribution in [0.25, 0.3) is 0 Å². The highest BCUT2D eigenvalue weighted by atomic mass is 16.5. The van der Waals surface area contributed by atoms with Gasteiger partial charge in [0.05, 0.1) is 6.04 Å². The number of benzene rings is 1. The lowest BCUT2D eigenvalue weighted by Crippen LogP contribution is -2.34. The van der Waals surface area contributed by atoms with Gasteiger partial charge in [0.1, 0.15) is 11.6 Å². The molecule has 0 saturated carbocycles. The summed E-state index contributed by atoms with van der Waals surface area (Å²) >= 11 is 0. The van der Waals surface area contributed by atoms with Crippen molar-refractivity contribution in [1.29, 1.82) is 0 Å². The molecule has 2 heterocycles. The van der Waals surface area contributed by atoms with Crippen LogP contribution in [0.1, 0.15) is 24.4 Å². The molecule has 0 N–H and O–H groups in total. The van der Waals surface area contributed by atoms with Crippen LogP contribution in [0.15, 0.2) is 48.7 Å². The van der Waals surface area contributed by atoms with E-state index < -0.39 is 0 Å². The van der Waals surface area contributed by atoms with Crippen LogP contribution in [0, 0.1) is 0 Å². The zero-order valence-corrected chi connectivity index (χ0v) is 14.2. The van der Waals surface area contributed by atoms with Gasteiger partial charge in [0.25, 0.3) is 5.91 Å². The Labute approximate surface area is 142 Å². The Kier molecular flexibility index (Phi) is 4.99. The number of ether oxygens (including phenoxy) is 1. The van der Waals surface area contributed by atoms with E-state index in [9.17, 15) is 4.79 Å². The number of carbonyl (C=O) groups is 1. The van der Waals surface area contributed by atoms with E-state index in [1.165, 1.54) is 0 Å². The Hall–Kier alpha value is -2.56. The summed E-state index contributed by atoms with van der Waals surface area (Å²) in [5, 5.41) is 0. The Morgan fingerprint density at radius 2 is 2.08 bits per heavy atom. The number of para-hydroxylation sites is 1. The fourth-order valence-corrected chi connectivity index (χ4v) is 3.04. The number of amides is 1. The number of rotatable bonds is 5. The van der Waals surface area contributed by atoms with Crippen molar-refractivity contribution < 1.29 is 9.53 Å². The van der Waals surface area contributed by atoms with Crippen LogP contribution in [-0.2, 0) is 4.79 Å². The number of pyridine rings is 1. The number of aromatic nitrogens is 1. The van der Waals surface area contributed by atoms with Crippen LogP contribution in [0.2, 0.25) is 0 Å². The summed E-state index contributed by atoms with van der Waals surface area (Å²) in [6.45, 7) is 0.855. The molecule has 1 saturated heterocycles. The summed E-state index contributed by atoms with van der Waals surface area (Å²) in [4.78, 5) is 20.9. The van der Waals surface area contributed by atoms with E-state index in [1.54, 1.807) is 0 Å². The molecular weight excluding hydrogens is 302 g/mol. The van der Waals surface area contributed by atoms with Crippen LogP contribution in [0.5, 0.6) is 5.75 Å². The maximum Gasteiger partial charge on any atom is 0.261 e. The van der Waals surface area contributed by atoms with Crippen LogP contribution in [0.3, 0.4) is 0 Å². The van der Waals surface area contributed by atoms with Crippen molar-refractivity contribution in [2.24, 2.45) is 0 Å². The lowest BCUT2D eigenvalue weighted by atomic mass is 10.1. The van der Waals surface area contributed by atoms with E-state index in [4.69, 9.17) is 4.74 Å². The number of nitrogens with zero attached hydrogens (tertiary/aromatic N) is 3. The molecule has 1 aromatic carbocycles. The normalized spacial score (nSPS) is 16.9. The molecule has 0 bridgehead atoms. The summed E-state index contributed by atoms with van der Waals surface area (Å²) in [6, 6.07) is 13.6. The molecule has 1 amide bonds. The minimum atomic E-state index is 0.0320. The van der Waals surface area contributed by atoms with Crippen molar-refractivity contribution in [2.45, 2.75) is 18.9 Å². The highest BCUT2D eigenvalue weighted by molar-refractivity contribution is 5.78. The summed E-state index contributed by atoms with van der Waals surface area (Å²) in [6.07, 6.45) is 3.81. The first-order valence-corrected chi connectivity index (χ1v) is 8.26. The van der Waals surface area contributed by atoms with E-state index in [-0.39, 0.29) is 18.6 Å². The van der Waals surface area contributed by atoms with Crippen molar-refractivity contribution in [3.63, 3.8) is 0 Å². The molecule has 0 spiro atoms. The van der Waals surface area contributed by atoms with E-state index in [2.05, 4.69) is 11.1 Å². The second-order valence-corrected chi connectivity index (χ2v) is 6.19. The first-order chi connectivity index (χ1) is 11.6. The van der Waals surface area contributed by atoms with Crippen LogP contribution in [-0.4, -0.2) is 43.0 Å². The minimum Gasteiger partial charge on any atom is -0.484 e. The third kappa shape index (κ3) is 3.67. The van der Waals surface area contributed by atoms with E-state index in [0.29, 0.717) is 0 Å². The van der Waals surface area contributed by atoms with E-state index in [0.717, 1.165) is 36.5 Å². The molecule has 1 atom stereocenters. The highest BCUT2D eigenvalue weighted by Gasteiger charge is 2.30. The second-order valence-electron chi connectivity index (χ2n) is 6.19. The molecule has 0 unspecified atom stereocenters. The van der Waals surface area contributed by atoms with Gasteiger partial charge < -0.3 is 14.5 Å². The lowest BCUT2D eigenvalue weighted by molar-refractivity contribution is -0.134. The van der Waals surface area contributed by atoms with Gasteiger partial charge in [-0.15, -0.1) is 0 Å². The van der Waals surface area contributed by atoms with Crippen molar-refractivity contribution in [2.75, 3.05) is 32.1 Å². The number of carbonyl (C=O) groups excluding carboxylic acids is 1. The fraction of sp³-hybridized carbons (Fsp3) is 0.368. The maximum atomic E-state index is 12.6. The number of likely N-dealkylation sites (tertiary alicyclic amines) is 1. The molecule has 0 radical (unpaired) electrons. The molecule has 24 heavy (non-hydrogen) atoms. The molecule has 5 nitrogen and oxygen atoms in total. The van der Waals surface area contributed by atoms with E-state index in [1.807, 2.05) is 66.5 Å². The van der Waals surface area contributed by atoms with Gasteiger partial charge in [0.2, 0.25) is 0 Å². The topological polar surface area (TPSA) is 45.7 Å². The summed E-state index contributed by atoms with van der Waals surface area (Å²) in [5.41, 5.74) is 1.14. The van der Waals surface area contributed by atoms with Gasteiger partial charge in [-0.1, -0.05) is 18.2 Å². The monoisotopic (exact) mass is 325 g/mol. The molecular formula is C19H23N3O2. The van der Waals surface area contributed by atoms with E-state index >= 15 is 0 Å². The van der Waals surface area contributed by atoms with Crippen molar-refractivity contribution in [1.82, 2.24) is 9.88 Å². The third-order valence-corrected chi connectivity index (χ3v) is 4.29. The molecule has 5 heteroatoms. The van der Waals surface area contributed by atoms with Gasteiger partial charge in [0, 0.05) is 26.8 Å². The zero-order chi connectivity index (χ0) is 16.9. The zero-order valence-electron chi connectivity index (χ0n) is 14.2. The van der Waals surface area contributed by atoms with Gasteiger partial charge in [-0.3, -0.25) is 4.79 Å². The van der Waals surface area contributed by atoms with Crippen LogP contribution >= 0.6 is 0 Å². The van der Waals surface area contributed by atoms with Crippen molar-refractivity contribution in [3.8, 4) is 5.75 Å². The molecule has 1 aliphatic rings. The summed E-state index contributed by atoms with van der Waals surface area (Å²) in [7, 11) is 3.94. The Bertz CT molecular complexity index is 688. The smallest absolute Gasteiger partial charge is 0.261 e. The number of hydrogen-bond acceptors (Lipinski definition) is 4. The standard InChI is InChI=1S/C19H23N3O2/c1-21(2)18-13-15(10-11-20-18)17-9-6-12-22(17)19(23)14-24-16-7-4-3-5-8-16/h3-5,7-8,10-11,13,17H,6,9,12,14H2,1-2H3/t17-/m1/s1. The average Bonchev–Trinajstić information content (AvgIpc) is 3.10. The molecule has 1 aromatic heterocycles. The van der Waals surface area contributed by atoms with Crippen molar-refractivity contribution >= 4 is 11.7 Å². The van der Waals surface area contributed by atoms with Crippen molar-refractivity contribution in [3.05, 3.63) is 54.2 Å².